The second-order valence-electron chi connectivity index (χ2n) is 22.8. The highest BCUT2D eigenvalue weighted by Gasteiger charge is 2.57. The van der Waals surface area contributed by atoms with Crippen LogP contribution in [-0.4, -0.2) is 140 Å². The van der Waals surface area contributed by atoms with Crippen LogP contribution in [0, 0.1) is 30.6 Å². The number of thiazole rings is 1. The molecule has 5 aromatic rings. The first-order valence-corrected chi connectivity index (χ1v) is 27.1. The highest BCUT2D eigenvalue weighted by molar-refractivity contribution is 7.13. The maximum Gasteiger partial charge on any atom is 0.246 e. The van der Waals surface area contributed by atoms with Crippen molar-refractivity contribution < 1.29 is 19.5 Å². The van der Waals surface area contributed by atoms with Crippen molar-refractivity contribution in [3.8, 4) is 21.7 Å². The molecule has 4 aliphatic heterocycles. The molecule has 7 heterocycles. The zero-order valence-electron chi connectivity index (χ0n) is 42.7. The largest absolute Gasteiger partial charge is 0.391 e. The Morgan fingerprint density at radius 3 is 2.21 bits per heavy atom. The van der Waals surface area contributed by atoms with Crippen LogP contribution in [0.1, 0.15) is 82.5 Å². The second kappa shape index (κ2) is 19.6. The zero-order chi connectivity index (χ0) is 50.8. The minimum atomic E-state index is -0.840. The van der Waals surface area contributed by atoms with Crippen LogP contribution in [0.3, 0.4) is 0 Å². The zero-order valence-corrected chi connectivity index (χ0v) is 43.5. The molecule has 5 atom stereocenters. The van der Waals surface area contributed by atoms with E-state index >= 15 is 0 Å². The van der Waals surface area contributed by atoms with Crippen molar-refractivity contribution in [2.24, 2.45) is 16.7 Å². The van der Waals surface area contributed by atoms with Gasteiger partial charge in [-0.2, -0.15) is 0 Å². The number of nitrogen functional groups attached to an aromatic ring is 1. The molecule has 2 aromatic carbocycles. The molecule has 18 heteroatoms. The van der Waals surface area contributed by atoms with Gasteiger partial charge in [-0.15, -0.1) is 21.5 Å². The van der Waals surface area contributed by atoms with E-state index in [1.807, 2.05) is 82.0 Å². The predicted octanol–water partition coefficient (Wildman–Crippen LogP) is 5.60. The van der Waals surface area contributed by atoms with Crippen molar-refractivity contribution >= 4 is 52.2 Å². The van der Waals surface area contributed by atoms with Crippen LogP contribution in [-0.2, 0) is 20.9 Å². The Bertz CT molecular complexity index is 2820. The van der Waals surface area contributed by atoms with Crippen LogP contribution in [0.25, 0.3) is 21.7 Å². The maximum absolute atomic E-state index is 14.3. The van der Waals surface area contributed by atoms with Gasteiger partial charge >= 0.3 is 0 Å². The van der Waals surface area contributed by atoms with Gasteiger partial charge < -0.3 is 41.1 Å². The van der Waals surface area contributed by atoms with Crippen LogP contribution < -0.4 is 31.1 Å². The Morgan fingerprint density at radius 2 is 1.55 bits per heavy atom. The third-order valence-corrected chi connectivity index (χ3v) is 17.8. The molecule has 384 valence electrons. The molecule has 6 fully saturated rings. The summed E-state index contributed by atoms with van der Waals surface area (Å²) in [7, 11) is 0. The van der Waals surface area contributed by atoms with Crippen LogP contribution in [0.5, 0.6) is 0 Å². The molecule has 2 saturated carbocycles. The van der Waals surface area contributed by atoms with E-state index in [2.05, 4.69) is 70.5 Å². The van der Waals surface area contributed by atoms with E-state index in [1.165, 1.54) is 4.90 Å². The quantitative estimate of drug-likeness (QED) is 0.120. The summed E-state index contributed by atoms with van der Waals surface area (Å²) in [4.78, 5) is 68.4. The van der Waals surface area contributed by atoms with Crippen molar-refractivity contribution in [2.45, 2.75) is 122 Å². The predicted molar refractivity (Wildman–Crippen MR) is 284 cm³/mol. The molecule has 17 nitrogen and oxygen atoms in total. The van der Waals surface area contributed by atoms with Gasteiger partial charge in [0.1, 0.15) is 12.1 Å². The van der Waals surface area contributed by atoms with Gasteiger partial charge in [0.05, 0.1) is 51.6 Å². The van der Waals surface area contributed by atoms with Crippen molar-refractivity contribution in [1.82, 2.24) is 45.6 Å². The lowest BCUT2D eigenvalue weighted by atomic mass is 9.49. The smallest absolute Gasteiger partial charge is 0.246 e. The van der Waals surface area contributed by atoms with Gasteiger partial charge in [-0.1, -0.05) is 69.3 Å². The normalized spacial score (nSPS) is 26.4. The average Bonchev–Trinajstić information content (AvgIpc) is 4.05. The first-order valence-electron chi connectivity index (χ1n) is 26.2. The van der Waals surface area contributed by atoms with Gasteiger partial charge in [-0.05, 0) is 86.0 Å². The average molecular weight is 1010 g/mol. The summed E-state index contributed by atoms with van der Waals surface area (Å²) in [5.74, 6) is 0.351. The SMILES string of the molecule is Cc1ccccc1-c1cc(N2CC3CCC(C2)N3c2ncc(N3CCN(C4CC5(CC(C(=O)N[C@H](C(=O)N6C[C@H](O)C[C@H]6C(=O)NCc6ccc(-c7scnc7C)cc6)C(C)(C)C)C5)C4)CC3)cn2)c(N)nn1. The number of carbonyl (C=O) groups is 3. The van der Waals surface area contributed by atoms with Crippen molar-refractivity contribution in [2.75, 3.05) is 66.2 Å². The van der Waals surface area contributed by atoms with E-state index in [0.717, 1.165) is 134 Å². The number of anilines is 4. The topological polar surface area (TPSA) is 202 Å². The number of aryl methyl sites for hydroxylation is 2. The molecule has 5 N–H and O–H groups in total. The molecular formula is C55H69N13O4S. The number of amides is 3. The minimum absolute atomic E-state index is 0.0456. The lowest BCUT2D eigenvalue weighted by Crippen LogP contribution is -2.63. The number of aliphatic hydroxyl groups is 1. The first-order chi connectivity index (χ1) is 35.1. The number of β-amino-alcohol motifs (C(OH)–C–C–N with tert-alkyl or cyclic N) is 1. The number of hydrogen-bond donors (Lipinski definition) is 4. The summed E-state index contributed by atoms with van der Waals surface area (Å²) < 4.78 is 0. The number of nitrogens with zero attached hydrogens (tertiary/aromatic N) is 10. The lowest BCUT2D eigenvalue weighted by molar-refractivity contribution is -0.150. The van der Waals surface area contributed by atoms with Gasteiger partial charge in [0.25, 0.3) is 0 Å². The molecule has 6 aliphatic rings. The molecule has 2 unspecified atom stereocenters. The van der Waals surface area contributed by atoms with Crippen molar-refractivity contribution in [1.29, 1.82) is 0 Å². The van der Waals surface area contributed by atoms with Crippen LogP contribution in [0.15, 0.2) is 72.5 Å². The fourth-order valence-corrected chi connectivity index (χ4v) is 13.6. The standard InChI is InChI=1S/C55H69N13O4S/c1-33-8-6-7-9-43(33)44-21-45(49(56)63-62-44)66-29-38-14-15-39(30-66)68(38)53-58-27-41(28-59-53)65-18-16-64(17-19-65)40-24-55(25-40)22-37(23-55)50(70)61-48(54(3,4)5)52(72)67-31-42(69)20-46(67)51(71)57-26-35-10-12-36(13-11-35)47-34(2)60-32-73-47/h6-13,21,27-28,32,37-40,42,46,48,69H,14-20,22-26,29-31H2,1-5H3,(H2,56,63)(H,57,71)(H,61,70)/t37?,38?,39?,40?,42-,46+,48-,55?/m1/s1. The Hall–Kier alpha value is -6.24. The number of hydrogen-bond acceptors (Lipinski definition) is 15. The molecular weight excluding hydrogens is 939 g/mol. The maximum atomic E-state index is 14.3. The summed E-state index contributed by atoms with van der Waals surface area (Å²) in [5, 5.41) is 25.7. The number of carbonyl (C=O) groups excluding carboxylic acids is 3. The Kier molecular flexibility index (Phi) is 13.1. The number of likely N-dealkylation sites (tertiary alicyclic amines) is 1. The fourth-order valence-electron chi connectivity index (χ4n) is 12.8. The van der Waals surface area contributed by atoms with E-state index < -0.39 is 23.6 Å². The van der Waals surface area contributed by atoms with E-state index in [1.54, 1.807) is 11.3 Å². The highest BCUT2D eigenvalue weighted by atomic mass is 32.1. The third kappa shape index (κ3) is 9.73. The highest BCUT2D eigenvalue weighted by Crippen LogP contribution is 2.60. The molecule has 0 radical (unpaired) electrons. The molecule has 3 amide bonds. The number of aliphatic hydroxyl groups excluding tert-OH is 1. The van der Waals surface area contributed by atoms with Gasteiger partial charge in [-0.25, -0.2) is 15.0 Å². The summed E-state index contributed by atoms with van der Waals surface area (Å²) >= 11 is 1.59. The van der Waals surface area contributed by atoms with Gasteiger partial charge in [-0.3, -0.25) is 19.3 Å². The summed E-state index contributed by atoms with van der Waals surface area (Å²) in [5.41, 5.74) is 15.9. The van der Waals surface area contributed by atoms with Crippen LogP contribution in [0.4, 0.5) is 23.1 Å². The number of piperazine rings is 2. The number of nitrogens with one attached hydrogen (secondary N) is 2. The molecule has 3 aromatic heterocycles. The summed E-state index contributed by atoms with van der Waals surface area (Å²) in [6.45, 7) is 15.6. The Morgan fingerprint density at radius 1 is 0.849 bits per heavy atom. The molecule has 11 rings (SSSR count). The third-order valence-electron chi connectivity index (χ3n) is 16.9. The van der Waals surface area contributed by atoms with Crippen LogP contribution in [0.2, 0.25) is 0 Å². The van der Waals surface area contributed by atoms with E-state index in [-0.39, 0.29) is 54.1 Å². The number of benzene rings is 2. The van der Waals surface area contributed by atoms with Crippen molar-refractivity contribution in [3.63, 3.8) is 0 Å². The van der Waals surface area contributed by atoms with Crippen LogP contribution >= 0.6 is 11.3 Å². The second-order valence-corrected chi connectivity index (χ2v) is 23.7. The minimum Gasteiger partial charge on any atom is -0.391 e. The first kappa shape index (κ1) is 49.0. The summed E-state index contributed by atoms with van der Waals surface area (Å²) in [6.07, 6.45) is 9.28. The lowest BCUT2D eigenvalue weighted by Gasteiger charge is -2.60. The Balaban J connectivity index is 0.631. The number of rotatable bonds is 12. The molecule has 2 aliphatic carbocycles. The molecule has 1 spiro atoms. The van der Waals surface area contributed by atoms with E-state index in [0.29, 0.717) is 18.4 Å². The van der Waals surface area contributed by atoms with Gasteiger partial charge in [0, 0.05) is 88.4 Å². The van der Waals surface area contributed by atoms with E-state index in [9.17, 15) is 19.5 Å². The van der Waals surface area contributed by atoms with Gasteiger partial charge in [0.15, 0.2) is 5.82 Å². The fraction of sp³-hybridized carbons (Fsp3) is 0.527. The van der Waals surface area contributed by atoms with Gasteiger partial charge in [0.2, 0.25) is 23.7 Å². The molecule has 4 saturated heterocycles. The van der Waals surface area contributed by atoms with Crippen molar-refractivity contribution in [3.05, 3.63) is 89.3 Å². The summed E-state index contributed by atoms with van der Waals surface area (Å²) in [6, 6.07) is 17.7. The number of nitrogens with two attached hydrogens (primary N) is 1. The molecule has 2 bridgehead atoms. The monoisotopic (exact) mass is 1010 g/mol. The molecule has 73 heavy (non-hydrogen) atoms. The number of aromatic nitrogens is 5. The van der Waals surface area contributed by atoms with E-state index in [4.69, 9.17) is 15.7 Å². The Labute approximate surface area is 432 Å². The number of fused-ring (bicyclic) bond motifs is 2.